The molecule has 1 aliphatic heterocycles. The first-order chi connectivity index (χ1) is 12.7. The van der Waals surface area contributed by atoms with E-state index in [4.69, 9.17) is 4.99 Å². The first-order valence-corrected chi connectivity index (χ1v) is 8.73. The molecule has 1 unspecified atom stereocenters. The van der Waals surface area contributed by atoms with Crippen molar-refractivity contribution in [1.29, 1.82) is 0 Å². The lowest BCUT2D eigenvalue weighted by Crippen LogP contribution is -2.29. The Morgan fingerprint density at radius 1 is 0.923 bits per heavy atom. The van der Waals surface area contributed by atoms with Gasteiger partial charge in [-0.05, 0) is 30.2 Å². The fourth-order valence-corrected chi connectivity index (χ4v) is 3.21. The predicted octanol–water partition coefficient (Wildman–Crippen LogP) is 5.13. The van der Waals surface area contributed by atoms with Crippen molar-refractivity contribution >= 4 is 17.2 Å². The Hall–Kier alpha value is -3.33. The Morgan fingerprint density at radius 2 is 1.62 bits per heavy atom. The highest BCUT2D eigenvalue weighted by Crippen LogP contribution is 2.29. The van der Waals surface area contributed by atoms with E-state index in [1.165, 1.54) is 5.56 Å². The molecule has 0 aliphatic carbocycles. The second-order valence-electron chi connectivity index (χ2n) is 6.40. The largest absolute Gasteiger partial charge is 0.359 e. The molecule has 3 aromatic rings. The summed E-state index contributed by atoms with van der Waals surface area (Å²) in [6.07, 6.45) is -0.127. The number of amidine groups is 1. The Balaban J connectivity index is 1.70. The predicted molar refractivity (Wildman–Crippen MR) is 109 cm³/mol. The van der Waals surface area contributed by atoms with Gasteiger partial charge in [0.1, 0.15) is 12.0 Å². The van der Waals surface area contributed by atoms with Crippen LogP contribution in [0.2, 0.25) is 0 Å². The number of hydrogen-bond acceptors (Lipinski definition) is 3. The van der Waals surface area contributed by atoms with Gasteiger partial charge in [-0.25, -0.2) is 4.99 Å². The molecular formula is C23H21N3. The first-order valence-electron chi connectivity index (χ1n) is 8.73. The lowest BCUT2D eigenvalue weighted by molar-refractivity contribution is 0.820. The maximum atomic E-state index is 4.92. The molecular weight excluding hydrogens is 318 g/mol. The third-order valence-electron chi connectivity index (χ3n) is 4.59. The van der Waals surface area contributed by atoms with Gasteiger partial charge in [-0.1, -0.05) is 73.3 Å². The van der Waals surface area contributed by atoms with Crippen molar-refractivity contribution < 1.29 is 0 Å². The van der Waals surface area contributed by atoms with Gasteiger partial charge in [0.2, 0.25) is 0 Å². The van der Waals surface area contributed by atoms with Crippen LogP contribution in [-0.2, 0) is 0 Å². The minimum absolute atomic E-state index is 0.127. The van der Waals surface area contributed by atoms with Crippen molar-refractivity contribution in [2.24, 2.45) is 4.99 Å². The van der Waals surface area contributed by atoms with E-state index < -0.39 is 0 Å². The Kier molecular flexibility index (Phi) is 4.28. The van der Waals surface area contributed by atoms with Crippen molar-refractivity contribution in [2.45, 2.75) is 13.1 Å². The second-order valence-corrected chi connectivity index (χ2v) is 6.40. The summed E-state index contributed by atoms with van der Waals surface area (Å²) in [5, 5.41) is 6.96. The van der Waals surface area contributed by atoms with Crippen molar-refractivity contribution in [1.82, 2.24) is 5.32 Å². The molecule has 128 valence electrons. The fraction of sp³-hybridized carbons (Fsp3) is 0.0870. The van der Waals surface area contributed by atoms with Crippen LogP contribution in [0.25, 0.3) is 5.70 Å². The summed E-state index contributed by atoms with van der Waals surface area (Å²) in [5.74, 6) is 0.835. The van der Waals surface area contributed by atoms with Gasteiger partial charge in [-0.15, -0.1) is 0 Å². The summed E-state index contributed by atoms with van der Waals surface area (Å²) in [6.45, 7) is 6.33. The minimum atomic E-state index is -0.127. The Morgan fingerprint density at radius 3 is 2.42 bits per heavy atom. The van der Waals surface area contributed by atoms with E-state index in [-0.39, 0.29) is 6.17 Å². The molecule has 0 amide bonds. The van der Waals surface area contributed by atoms with E-state index in [1.54, 1.807) is 0 Å². The third-order valence-corrected chi connectivity index (χ3v) is 4.59. The maximum absolute atomic E-state index is 4.92. The standard InChI is InChI=1S/C23H21N3/c1-16-10-6-7-13-19(16)17(2)24-23-20-14-8-9-15-21(20)25-22(26-23)18-11-4-3-5-12-18/h3-15,22,25H,2H2,1H3,(H,24,26). The summed E-state index contributed by atoms with van der Waals surface area (Å²) < 4.78 is 0. The maximum Gasteiger partial charge on any atom is 0.147 e. The normalized spacial score (nSPS) is 15.4. The monoisotopic (exact) mass is 339 g/mol. The second kappa shape index (κ2) is 6.89. The number of nitrogens with one attached hydrogen (secondary N) is 2. The molecule has 0 radical (unpaired) electrons. The number of fused-ring (bicyclic) bond motifs is 1. The molecule has 3 heteroatoms. The van der Waals surface area contributed by atoms with Crippen LogP contribution in [0.1, 0.15) is 28.4 Å². The van der Waals surface area contributed by atoms with Crippen molar-refractivity contribution in [3.05, 3.63) is 108 Å². The highest BCUT2D eigenvalue weighted by atomic mass is 15.2. The van der Waals surface area contributed by atoms with Gasteiger partial charge < -0.3 is 10.6 Å². The van der Waals surface area contributed by atoms with Gasteiger partial charge in [0.05, 0.1) is 0 Å². The molecule has 0 saturated carbocycles. The Bertz CT molecular complexity index is 974. The van der Waals surface area contributed by atoms with E-state index >= 15 is 0 Å². The zero-order chi connectivity index (χ0) is 17.9. The van der Waals surface area contributed by atoms with Gasteiger partial charge in [0, 0.05) is 22.5 Å². The summed E-state index contributed by atoms with van der Waals surface area (Å²) in [4.78, 5) is 4.92. The highest BCUT2D eigenvalue weighted by molar-refractivity contribution is 6.08. The van der Waals surface area contributed by atoms with E-state index in [0.717, 1.165) is 33.9 Å². The lowest BCUT2D eigenvalue weighted by Gasteiger charge is -2.27. The average Bonchev–Trinajstić information content (AvgIpc) is 2.69. The number of benzene rings is 3. The smallest absolute Gasteiger partial charge is 0.147 e. The van der Waals surface area contributed by atoms with Crippen LogP contribution in [0, 0.1) is 6.92 Å². The van der Waals surface area contributed by atoms with Gasteiger partial charge in [0.25, 0.3) is 0 Å². The zero-order valence-electron chi connectivity index (χ0n) is 14.7. The van der Waals surface area contributed by atoms with E-state index in [0.29, 0.717) is 0 Å². The van der Waals surface area contributed by atoms with Crippen molar-refractivity contribution in [3.63, 3.8) is 0 Å². The highest BCUT2D eigenvalue weighted by Gasteiger charge is 2.21. The van der Waals surface area contributed by atoms with Crippen LogP contribution in [0.3, 0.4) is 0 Å². The molecule has 1 aliphatic rings. The molecule has 0 aromatic heterocycles. The van der Waals surface area contributed by atoms with Gasteiger partial charge >= 0.3 is 0 Å². The molecule has 0 spiro atoms. The van der Waals surface area contributed by atoms with E-state index in [9.17, 15) is 0 Å². The van der Waals surface area contributed by atoms with Crippen LogP contribution < -0.4 is 10.6 Å². The lowest BCUT2D eigenvalue weighted by atomic mass is 10.0. The number of para-hydroxylation sites is 1. The van der Waals surface area contributed by atoms with Crippen LogP contribution in [0.4, 0.5) is 5.69 Å². The summed E-state index contributed by atoms with van der Waals surface area (Å²) in [7, 11) is 0. The SMILES string of the molecule is C=C(NC1=NC(c2ccccc2)Nc2ccccc21)c1ccccc1C. The van der Waals surface area contributed by atoms with Crippen LogP contribution >= 0.6 is 0 Å². The number of aryl methyl sites for hydroxylation is 1. The van der Waals surface area contributed by atoms with Crippen LogP contribution in [0.5, 0.6) is 0 Å². The Labute approximate surface area is 154 Å². The molecule has 0 saturated heterocycles. The van der Waals surface area contributed by atoms with E-state index in [1.807, 2.05) is 42.5 Å². The molecule has 1 heterocycles. The zero-order valence-corrected chi connectivity index (χ0v) is 14.7. The minimum Gasteiger partial charge on any atom is -0.359 e. The topological polar surface area (TPSA) is 36.4 Å². The quantitative estimate of drug-likeness (QED) is 0.694. The molecule has 4 rings (SSSR count). The summed E-state index contributed by atoms with van der Waals surface area (Å²) >= 11 is 0. The third kappa shape index (κ3) is 3.11. The number of aliphatic imine (C=N–C) groups is 1. The summed E-state index contributed by atoms with van der Waals surface area (Å²) in [5.41, 5.74) is 6.38. The average molecular weight is 339 g/mol. The number of nitrogens with zero attached hydrogens (tertiary/aromatic N) is 1. The van der Waals surface area contributed by atoms with Gasteiger partial charge in [-0.3, -0.25) is 0 Å². The molecule has 3 aromatic carbocycles. The molecule has 0 fully saturated rings. The van der Waals surface area contributed by atoms with Crippen LogP contribution in [0.15, 0.2) is 90.4 Å². The molecule has 1 atom stereocenters. The molecule has 3 nitrogen and oxygen atoms in total. The van der Waals surface area contributed by atoms with Crippen molar-refractivity contribution in [2.75, 3.05) is 5.32 Å². The number of hydrogen-bond donors (Lipinski definition) is 2. The molecule has 0 bridgehead atoms. The molecule has 2 N–H and O–H groups in total. The summed E-state index contributed by atoms with van der Waals surface area (Å²) in [6, 6.07) is 26.7. The molecule has 26 heavy (non-hydrogen) atoms. The van der Waals surface area contributed by atoms with Crippen molar-refractivity contribution in [3.8, 4) is 0 Å². The fourth-order valence-electron chi connectivity index (χ4n) is 3.21. The van der Waals surface area contributed by atoms with Gasteiger partial charge in [-0.2, -0.15) is 0 Å². The first kappa shape index (κ1) is 16.2. The van der Waals surface area contributed by atoms with Crippen LogP contribution in [-0.4, -0.2) is 5.84 Å². The number of rotatable bonds is 3. The van der Waals surface area contributed by atoms with E-state index in [2.05, 4.69) is 60.5 Å². The van der Waals surface area contributed by atoms with Gasteiger partial charge in [0.15, 0.2) is 0 Å². The number of anilines is 1.